The van der Waals surface area contributed by atoms with Gasteiger partial charge in [-0.15, -0.1) is 0 Å². The van der Waals surface area contributed by atoms with Gasteiger partial charge in [-0.05, 0) is 27.4 Å². The summed E-state index contributed by atoms with van der Waals surface area (Å²) in [5, 5.41) is 1.19. The highest BCUT2D eigenvalue weighted by Gasteiger charge is 2.01. The summed E-state index contributed by atoms with van der Waals surface area (Å²) in [5.41, 5.74) is 0.448. The first-order valence-corrected chi connectivity index (χ1v) is 12.6. The molecular weight excluding hydrogens is 414 g/mol. The van der Waals surface area contributed by atoms with Crippen LogP contribution in [-0.4, -0.2) is 43.4 Å². The maximum Gasteiger partial charge on any atom is 0.333 e. The molecule has 0 saturated carbocycles. The van der Waals surface area contributed by atoms with Gasteiger partial charge in [0.15, 0.2) is 0 Å². The summed E-state index contributed by atoms with van der Waals surface area (Å²) >= 11 is 3.48. The first-order chi connectivity index (χ1) is 13.5. The molecule has 0 unspecified atom stereocenters. The lowest BCUT2D eigenvalue weighted by Gasteiger charge is -2.09. The molecule has 0 heterocycles. The van der Waals surface area contributed by atoms with E-state index in [9.17, 15) is 4.79 Å². The third kappa shape index (κ3) is 27.9. The maximum absolute atomic E-state index is 10.8. The predicted octanol–water partition coefficient (Wildman–Crippen LogP) is 7.53. The number of carbonyl (C=O) groups is 1. The summed E-state index contributed by atoms with van der Waals surface area (Å²) in [5.74, 6) is -0.313. The zero-order valence-corrected chi connectivity index (χ0v) is 21.0. The van der Waals surface area contributed by atoms with E-state index < -0.39 is 0 Å². The number of hydrogen-bond acceptors (Lipinski definition) is 3. The van der Waals surface area contributed by atoms with Crippen molar-refractivity contribution < 1.29 is 9.53 Å². The van der Waals surface area contributed by atoms with Crippen molar-refractivity contribution in [2.75, 3.05) is 32.6 Å². The van der Waals surface area contributed by atoms with Gasteiger partial charge in [0.1, 0.15) is 6.61 Å². The van der Waals surface area contributed by atoms with Crippen LogP contribution in [0.3, 0.4) is 0 Å². The second kappa shape index (κ2) is 24.7. The highest BCUT2D eigenvalue weighted by Crippen LogP contribution is 2.13. The highest BCUT2D eigenvalue weighted by atomic mass is 79.9. The van der Waals surface area contributed by atoms with E-state index in [2.05, 4.69) is 29.4 Å². The Morgan fingerprint density at radius 3 is 1.54 bits per heavy atom. The Labute approximate surface area is 184 Å². The van der Waals surface area contributed by atoms with Crippen molar-refractivity contribution in [3.8, 4) is 0 Å². The second-order valence-electron chi connectivity index (χ2n) is 8.00. The van der Waals surface area contributed by atoms with Crippen molar-refractivity contribution in [2.45, 2.75) is 104 Å². The van der Waals surface area contributed by atoms with E-state index >= 15 is 0 Å². The molecule has 3 nitrogen and oxygen atoms in total. The van der Waals surface area contributed by atoms with Gasteiger partial charge in [-0.1, -0.05) is 113 Å². The Morgan fingerprint density at radius 1 is 0.821 bits per heavy atom. The van der Waals surface area contributed by atoms with E-state index in [1.54, 1.807) is 6.92 Å². The summed E-state index contributed by atoms with van der Waals surface area (Å²) < 4.78 is 4.83. The van der Waals surface area contributed by atoms with Crippen molar-refractivity contribution >= 4 is 21.9 Å². The third-order valence-electron chi connectivity index (χ3n) is 4.61. The molecule has 0 aliphatic carbocycles. The van der Waals surface area contributed by atoms with Gasteiger partial charge in [-0.3, -0.25) is 0 Å². The number of rotatable bonds is 18. The number of ether oxygens (including phenoxy) is 1. The smallest absolute Gasteiger partial charge is 0.333 e. The van der Waals surface area contributed by atoms with E-state index in [4.69, 9.17) is 4.74 Å². The first kappa shape index (κ1) is 29.8. The fourth-order valence-electron chi connectivity index (χ4n) is 2.73. The average Bonchev–Trinajstić information content (AvgIpc) is 2.65. The summed E-state index contributed by atoms with van der Waals surface area (Å²) in [6, 6.07) is 0. The topological polar surface area (TPSA) is 29.5 Å². The minimum atomic E-state index is -0.313. The lowest BCUT2D eigenvalue weighted by atomic mass is 10.0. The molecule has 0 bridgehead atoms. The van der Waals surface area contributed by atoms with Crippen LogP contribution in [0.4, 0.5) is 0 Å². The SMILES string of the molecule is C=C(C)C(=O)OCCN(C)C.CCCCCCCCCCCCCCCCBr. The van der Waals surface area contributed by atoms with Crippen molar-refractivity contribution in [2.24, 2.45) is 0 Å². The molecule has 28 heavy (non-hydrogen) atoms. The number of alkyl halides is 1. The van der Waals surface area contributed by atoms with Crippen LogP contribution in [0.1, 0.15) is 104 Å². The fraction of sp³-hybridized carbons (Fsp3) is 0.875. The monoisotopic (exact) mass is 461 g/mol. The Balaban J connectivity index is 0. The Morgan fingerprint density at radius 2 is 1.21 bits per heavy atom. The molecule has 0 aromatic carbocycles. The van der Waals surface area contributed by atoms with Gasteiger partial charge in [0.25, 0.3) is 0 Å². The normalized spacial score (nSPS) is 10.5. The molecule has 0 aromatic heterocycles. The number of nitrogens with zero attached hydrogens (tertiary/aromatic N) is 1. The molecule has 0 amide bonds. The van der Waals surface area contributed by atoms with E-state index in [1.165, 1.54) is 95.2 Å². The molecule has 168 valence electrons. The lowest BCUT2D eigenvalue weighted by molar-refractivity contribution is -0.139. The predicted molar refractivity (Wildman–Crippen MR) is 128 cm³/mol. The maximum atomic E-state index is 10.8. The number of halogens is 1. The van der Waals surface area contributed by atoms with Gasteiger partial charge in [0.05, 0.1) is 0 Å². The number of unbranched alkanes of at least 4 members (excludes halogenated alkanes) is 13. The fourth-order valence-corrected chi connectivity index (χ4v) is 3.13. The van der Waals surface area contributed by atoms with E-state index in [-0.39, 0.29) is 5.97 Å². The van der Waals surface area contributed by atoms with Gasteiger partial charge in [0.2, 0.25) is 0 Å². The number of likely N-dealkylation sites (N-methyl/N-ethyl adjacent to an activating group) is 1. The van der Waals surface area contributed by atoms with E-state index in [0.717, 1.165) is 6.54 Å². The van der Waals surface area contributed by atoms with E-state index in [1.807, 2.05) is 19.0 Å². The van der Waals surface area contributed by atoms with Gasteiger partial charge >= 0.3 is 5.97 Å². The molecule has 0 spiro atoms. The van der Waals surface area contributed by atoms with Crippen LogP contribution in [-0.2, 0) is 9.53 Å². The van der Waals surface area contributed by atoms with Crippen molar-refractivity contribution in [1.29, 1.82) is 0 Å². The Hall–Kier alpha value is -0.350. The first-order valence-electron chi connectivity index (χ1n) is 11.5. The molecule has 0 N–H and O–H groups in total. The van der Waals surface area contributed by atoms with Crippen molar-refractivity contribution in [3.05, 3.63) is 12.2 Å². The molecule has 0 atom stereocenters. The van der Waals surface area contributed by atoms with Crippen LogP contribution < -0.4 is 0 Å². The highest BCUT2D eigenvalue weighted by molar-refractivity contribution is 9.09. The van der Waals surface area contributed by atoms with E-state index in [0.29, 0.717) is 12.2 Å². The molecule has 0 fully saturated rings. The summed E-state index contributed by atoms with van der Waals surface area (Å²) in [7, 11) is 3.85. The van der Waals surface area contributed by atoms with Crippen molar-refractivity contribution in [1.82, 2.24) is 4.90 Å². The second-order valence-corrected chi connectivity index (χ2v) is 8.80. The lowest BCUT2D eigenvalue weighted by Crippen LogP contribution is -2.20. The molecule has 0 aromatic rings. The van der Waals surface area contributed by atoms with Gasteiger partial charge in [-0.25, -0.2) is 4.79 Å². The minimum absolute atomic E-state index is 0.313. The van der Waals surface area contributed by atoms with Gasteiger partial charge < -0.3 is 9.64 Å². The zero-order chi connectivity index (χ0) is 21.5. The molecule has 0 radical (unpaired) electrons. The summed E-state index contributed by atoms with van der Waals surface area (Å²) in [4.78, 5) is 12.7. The van der Waals surface area contributed by atoms with Crippen LogP contribution in [0, 0.1) is 0 Å². The van der Waals surface area contributed by atoms with Gasteiger partial charge in [-0.2, -0.15) is 0 Å². The standard InChI is InChI=1S/C16H33Br.C8H15NO2/c1-2-3-4-5-6-7-8-9-10-11-12-13-14-15-16-17;1-7(2)8(10)11-6-5-9(3)4/h2-16H2,1H3;1,5-6H2,2-4H3. The third-order valence-corrected chi connectivity index (χ3v) is 5.17. The number of hydrogen-bond donors (Lipinski definition) is 0. The van der Waals surface area contributed by atoms with Crippen LogP contribution >= 0.6 is 15.9 Å². The number of esters is 1. The molecule has 4 heteroatoms. The quantitative estimate of drug-likeness (QED) is 0.0912. The molecule has 0 rings (SSSR count). The molecular formula is C24H48BrNO2. The molecule has 0 aliphatic heterocycles. The van der Waals surface area contributed by atoms with Crippen LogP contribution in [0.25, 0.3) is 0 Å². The average molecular weight is 463 g/mol. The summed E-state index contributed by atoms with van der Waals surface area (Å²) in [6.07, 6.45) is 20.3. The molecule has 0 saturated heterocycles. The van der Waals surface area contributed by atoms with Crippen LogP contribution in [0.15, 0.2) is 12.2 Å². The van der Waals surface area contributed by atoms with Crippen LogP contribution in [0.2, 0.25) is 0 Å². The largest absolute Gasteiger partial charge is 0.461 e. The number of carbonyl (C=O) groups excluding carboxylic acids is 1. The van der Waals surface area contributed by atoms with Crippen molar-refractivity contribution in [3.63, 3.8) is 0 Å². The Bertz CT molecular complexity index is 331. The minimum Gasteiger partial charge on any atom is -0.461 e. The molecule has 0 aliphatic rings. The van der Waals surface area contributed by atoms with Gasteiger partial charge in [0, 0.05) is 17.4 Å². The van der Waals surface area contributed by atoms with Crippen LogP contribution in [0.5, 0.6) is 0 Å². The zero-order valence-electron chi connectivity index (χ0n) is 19.4. The Kier molecular flexibility index (Phi) is 26.3. The summed E-state index contributed by atoms with van der Waals surface area (Å²) in [6.45, 7) is 8.57.